The van der Waals surface area contributed by atoms with E-state index >= 15 is 0 Å². The van der Waals surface area contributed by atoms with Crippen LogP contribution in [0.25, 0.3) is 0 Å². The van der Waals surface area contributed by atoms with Crippen molar-refractivity contribution in [1.82, 2.24) is 0 Å². The number of hydrogen-bond donors (Lipinski definition) is 2. The van der Waals surface area contributed by atoms with Crippen LogP contribution in [0.5, 0.6) is 0 Å². The van der Waals surface area contributed by atoms with Crippen molar-refractivity contribution in [1.29, 1.82) is 0 Å². The molecule has 1 fully saturated rings. The highest BCUT2D eigenvalue weighted by Gasteiger charge is 2.33. The fourth-order valence-corrected chi connectivity index (χ4v) is 2.05. The fraction of sp³-hybridized carbons (Fsp3) is 0.455. The summed E-state index contributed by atoms with van der Waals surface area (Å²) >= 11 is 3.36. The molecule has 1 aliphatic rings. The Morgan fingerprint density at radius 3 is 2.53 bits per heavy atom. The normalized spacial score (nSPS) is 30.7. The summed E-state index contributed by atoms with van der Waals surface area (Å²) < 4.78 is 6.55. The third-order valence-corrected chi connectivity index (χ3v) is 3.17. The molecule has 0 spiro atoms. The topological polar surface area (TPSA) is 49.7 Å². The van der Waals surface area contributed by atoms with Crippen molar-refractivity contribution in [2.45, 2.75) is 24.7 Å². The van der Waals surface area contributed by atoms with Gasteiger partial charge in [0.25, 0.3) is 0 Å². The van der Waals surface area contributed by atoms with Crippen LogP contribution in [0.15, 0.2) is 28.7 Å². The number of hydrogen-bond acceptors (Lipinski definition) is 3. The number of rotatable bonds is 2. The van der Waals surface area contributed by atoms with Crippen molar-refractivity contribution in [3.05, 3.63) is 34.3 Å². The number of halogens is 1. The molecule has 1 aliphatic heterocycles. The van der Waals surface area contributed by atoms with E-state index in [2.05, 4.69) is 15.9 Å². The summed E-state index contributed by atoms with van der Waals surface area (Å²) in [6, 6.07) is 7.80. The Balaban J connectivity index is 2.10. The van der Waals surface area contributed by atoms with Gasteiger partial charge in [0.05, 0.1) is 18.8 Å². The van der Waals surface area contributed by atoms with Gasteiger partial charge in [0.2, 0.25) is 0 Å². The molecule has 0 saturated carbocycles. The molecule has 0 amide bonds. The van der Waals surface area contributed by atoms with Gasteiger partial charge in [-0.25, -0.2) is 0 Å². The van der Waals surface area contributed by atoms with E-state index in [0.29, 0.717) is 6.42 Å². The molecule has 1 saturated heterocycles. The van der Waals surface area contributed by atoms with Crippen LogP contribution in [-0.4, -0.2) is 29.0 Å². The lowest BCUT2D eigenvalue weighted by Crippen LogP contribution is -2.24. The molecule has 1 aromatic rings. The molecular weight excluding hydrogens is 260 g/mol. The standard InChI is InChI=1S/C11H13BrO3/c12-8-3-1-7(2-4-8)10-5-9(14)11(6-13)15-10/h1-4,9-11,13-14H,5-6H2/t9-,10-,11-/m1/s1. The van der Waals surface area contributed by atoms with Gasteiger partial charge in [-0.3, -0.25) is 0 Å². The second-order valence-corrected chi connectivity index (χ2v) is 4.62. The van der Waals surface area contributed by atoms with Crippen molar-refractivity contribution >= 4 is 15.9 Å². The quantitative estimate of drug-likeness (QED) is 0.861. The van der Waals surface area contributed by atoms with Crippen LogP contribution >= 0.6 is 15.9 Å². The highest BCUT2D eigenvalue weighted by atomic mass is 79.9. The maximum atomic E-state index is 9.58. The summed E-state index contributed by atoms with van der Waals surface area (Å²) in [4.78, 5) is 0. The minimum atomic E-state index is -0.566. The molecule has 2 N–H and O–H groups in total. The van der Waals surface area contributed by atoms with Crippen molar-refractivity contribution in [3.8, 4) is 0 Å². The van der Waals surface area contributed by atoms with Crippen LogP contribution in [0.3, 0.4) is 0 Å². The maximum Gasteiger partial charge on any atom is 0.107 e. The first-order valence-corrected chi connectivity index (χ1v) is 5.70. The van der Waals surface area contributed by atoms with Gasteiger partial charge in [0.15, 0.2) is 0 Å². The number of aliphatic hydroxyl groups excluding tert-OH is 2. The molecule has 0 unspecified atom stereocenters. The highest BCUT2D eigenvalue weighted by Crippen LogP contribution is 2.33. The molecule has 3 nitrogen and oxygen atoms in total. The molecule has 82 valence electrons. The van der Waals surface area contributed by atoms with Crippen molar-refractivity contribution in [2.24, 2.45) is 0 Å². The lowest BCUT2D eigenvalue weighted by Gasteiger charge is -2.12. The Morgan fingerprint density at radius 2 is 2.00 bits per heavy atom. The van der Waals surface area contributed by atoms with E-state index in [1.54, 1.807) is 0 Å². The number of benzene rings is 1. The van der Waals surface area contributed by atoms with Crippen molar-refractivity contribution in [2.75, 3.05) is 6.61 Å². The SMILES string of the molecule is OC[C@H]1O[C@@H](c2ccc(Br)cc2)C[C@H]1O. The van der Waals surface area contributed by atoms with E-state index in [-0.39, 0.29) is 12.7 Å². The summed E-state index contributed by atoms with van der Waals surface area (Å²) in [5.74, 6) is 0. The van der Waals surface area contributed by atoms with Gasteiger partial charge < -0.3 is 14.9 Å². The average molecular weight is 273 g/mol. The first kappa shape index (κ1) is 11.1. The summed E-state index contributed by atoms with van der Waals surface area (Å²) in [6.07, 6.45) is -0.570. The van der Waals surface area contributed by atoms with E-state index in [0.717, 1.165) is 10.0 Å². The summed E-state index contributed by atoms with van der Waals surface area (Å²) in [5, 5.41) is 18.5. The first-order valence-electron chi connectivity index (χ1n) is 4.90. The van der Waals surface area contributed by atoms with Crippen LogP contribution in [0.1, 0.15) is 18.1 Å². The second-order valence-electron chi connectivity index (χ2n) is 3.70. The summed E-state index contributed by atoms with van der Waals surface area (Å²) in [5.41, 5.74) is 1.04. The molecule has 0 aliphatic carbocycles. The minimum Gasteiger partial charge on any atom is -0.394 e. The van der Waals surface area contributed by atoms with Crippen LogP contribution in [0.2, 0.25) is 0 Å². The number of aliphatic hydroxyl groups is 2. The Labute approximate surface area is 96.8 Å². The lowest BCUT2D eigenvalue weighted by molar-refractivity contribution is -0.0225. The van der Waals surface area contributed by atoms with E-state index in [1.807, 2.05) is 24.3 Å². The van der Waals surface area contributed by atoms with Crippen LogP contribution < -0.4 is 0 Å². The van der Waals surface area contributed by atoms with Crippen molar-refractivity contribution in [3.63, 3.8) is 0 Å². The van der Waals surface area contributed by atoms with Gasteiger partial charge in [-0.1, -0.05) is 28.1 Å². The Morgan fingerprint density at radius 1 is 1.33 bits per heavy atom. The van der Waals surface area contributed by atoms with Gasteiger partial charge in [-0.15, -0.1) is 0 Å². The summed E-state index contributed by atoms with van der Waals surface area (Å²) in [7, 11) is 0. The third-order valence-electron chi connectivity index (χ3n) is 2.65. The van der Waals surface area contributed by atoms with E-state index in [9.17, 15) is 5.11 Å². The zero-order valence-electron chi connectivity index (χ0n) is 8.14. The third kappa shape index (κ3) is 2.39. The number of ether oxygens (including phenoxy) is 1. The van der Waals surface area contributed by atoms with E-state index in [1.165, 1.54) is 0 Å². The molecule has 4 heteroatoms. The minimum absolute atomic E-state index is 0.106. The molecule has 1 heterocycles. The van der Waals surface area contributed by atoms with Crippen LogP contribution in [0, 0.1) is 0 Å². The largest absolute Gasteiger partial charge is 0.394 e. The fourth-order valence-electron chi connectivity index (χ4n) is 1.79. The molecule has 2 rings (SSSR count). The molecule has 3 atom stereocenters. The van der Waals surface area contributed by atoms with Crippen LogP contribution in [0.4, 0.5) is 0 Å². The lowest BCUT2D eigenvalue weighted by atomic mass is 10.1. The predicted molar refractivity (Wildman–Crippen MR) is 59.5 cm³/mol. The predicted octanol–water partition coefficient (Wildman–Crippen LogP) is 1.63. The van der Waals surface area contributed by atoms with Gasteiger partial charge in [0.1, 0.15) is 6.10 Å². The average Bonchev–Trinajstić information content (AvgIpc) is 2.61. The maximum absolute atomic E-state index is 9.58. The molecular formula is C11H13BrO3. The summed E-state index contributed by atoms with van der Waals surface area (Å²) in [6.45, 7) is -0.131. The Kier molecular flexibility index (Phi) is 3.41. The van der Waals surface area contributed by atoms with Gasteiger partial charge in [-0.2, -0.15) is 0 Å². The van der Waals surface area contributed by atoms with E-state index in [4.69, 9.17) is 9.84 Å². The zero-order valence-corrected chi connectivity index (χ0v) is 9.72. The smallest absolute Gasteiger partial charge is 0.107 e. The van der Waals surface area contributed by atoms with Gasteiger partial charge in [0, 0.05) is 10.9 Å². The van der Waals surface area contributed by atoms with Gasteiger partial charge >= 0.3 is 0 Å². The monoisotopic (exact) mass is 272 g/mol. The van der Waals surface area contributed by atoms with Crippen LogP contribution in [-0.2, 0) is 4.74 Å². The molecule has 0 bridgehead atoms. The second kappa shape index (κ2) is 4.61. The molecule has 15 heavy (non-hydrogen) atoms. The Hall–Kier alpha value is -0.420. The first-order chi connectivity index (χ1) is 7.20. The van der Waals surface area contributed by atoms with Crippen molar-refractivity contribution < 1.29 is 14.9 Å². The van der Waals surface area contributed by atoms with E-state index < -0.39 is 12.2 Å². The van der Waals surface area contributed by atoms with Gasteiger partial charge in [-0.05, 0) is 17.7 Å². The molecule has 0 radical (unpaired) electrons. The molecule has 1 aromatic carbocycles. The highest BCUT2D eigenvalue weighted by molar-refractivity contribution is 9.10. The zero-order chi connectivity index (χ0) is 10.8. The Bertz CT molecular complexity index is 325. The molecule has 0 aromatic heterocycles.